The smallest absolute Gasteiger partial charge is 0.249 e. The van der Waals surface area contributed by atoms with Crippen LogP contribution < -0.4 is 5.32 Å². The SMILES string of the molecule is CCCCCCCCC/C=C/CC/C=C/C(O)C(CO)NC(=O)C(O)CCCCCCCCCCCCCCCCCC/C=C\C/C=C\CCCCCCCCCCCCC. The number of rotatable bonds is 49. The average Bonchev–Trinajstić information content (AvgIpc) is 3.26. The highest BCUT2D eigenvalue weighted by molar-refractivity contribution is 5.80. The lowest BCUT2D eigenvalue weighted by Gasteiger charge is -2.21. The highest BCUT2D eigenvalue weighted by Gasteiger charge is 2.22. The Kier molecular flexibility index (Phi) is 49.5. The second kappa shape index (κ2) is 50.9. The van der Waals surface area contributed by atoms with Crippen LogP contribution in [0.1, 0.15) is 277 Å². The topological polar surface area (TPSA) is 89.8 Å². The molecule has 61 heavy (non-hydrogen) atoms. The molecule has 0 saturated carbocycles. The van der Waals surface area contributed by atoms with Crippen LogP contribution in [0, 0.1) is 0 Å². The number of hydrogen-bond donors (Lipinski definition) is 4. The molecule has 3 atom stereocenters. The molecule has 4 N–H and O–H groups in total. The van der Waals surface area contributed by atoms with E-state index in [0.717, 1.165) is 44.9 Å². The van der Waals surface area contributed by atoms with Gasteiger partial charge < -0.3 is 20.6 Å². The van der Waals surface area contributed by atoms with Crippen LogP contribution in [-0.2, 0) is 4.79 Å². The summed E-state index contributed by atoms with van der Waals surface area (Å²) in [4.78, 5) is 12.5. The van der Waals surface area contributed by atoms with E-state index in [4.69, 9.17) is 0 Å². The van der Waals surface area contributed by atoms with Gasteiger partial charge in [-0.1, -0.05) is 262 Å². The number of nitrogens with one attached hydrogen (secondary N) is 1. The maximum Gasteiger partial charge on any atom is 0.249 e. The van der Waals surface area contributed by atoms with Crippen molar-refractivity contribution in [2.24, 2.45) is 0 Å². The van der Waals surface area contributed by atoms with E-state index in [-0.39, 0.29) is 6.61 Å². The van der Waals surface area contributed by atoms with Gasteiger partial charge in [0.05, 0.1) is 18.8 Å². The molecule has 3 unspecified atom stereocenters. The first-order valence-corrected chi connectivity index (χ1v) is 27.0. The molecule has 0 aromatic rings. The summed E-state index contributed by atoms with van der Waals surface area (Å²) < 4.78 is 0. The Hall–Kier alpha value is -1.69. The number of unbranched alkanes of at least 4 members (excludes halogenated alkanes) is 35. The zero-order valence-electron chi connectivity index (χ0n) is 40.8. The predicted octanol–water partition coefficient (Wildman–Crippen LogP) is 16.4. The molecule has 1 amide bonds. The van der Waals surface area contributed by atoms with Crippen LogP contribution in [0.2, 0.25) is 0 Å². The number of carbonyl (C=O) groups excluding carboxylic acids is 1. The summed E-state index contributed by atoms with van der Waals surface area (Å²) in [5.74, 6) is -0.512. The van der Waals surface area contributed by atoms with Crippen molar-refractivity contribution in [1.29, 1.82) is 0 Å². The summed E-state index contributed by atoms with van der Waals surface area (Å²) in [6.45, 7) is 4.17. The molecule has 0 heterocycles. The van der Waals surface area contributed by atoms with E-state index in [9.17, 15) is 20.1 Å². The van der Waals surface area contributed by atoms with Crippen molar-refractivity contribution in [3.8, 4) is 0 Å². The molecule has 0 bridgehead atoms. The molecule has 0 aromatic carbocycles. The highest BCUT2D eigenvalue weighted by atomic mass is 16.3. The van der Waals surface area contributed by atoms with Crippen molar-refractivity contribution in [3.05, 3.63) is 48.6 Å². The van der Waals surface area contributed by atoms with Gasteiger partial charge in [0, 0.05) is 0 Å². The minimum absolute atomic E-state index is 0.376. The Morgan fingerprint density at radius 2 is 0.721 bits per heavy atom. The third kappa shape index (κ3) is 46.1. The summed E-state index contributed by atoms with van der Waals surface area (Å²) in [7, 11) is 0. The first-order valence-electron chi connectivity index (χ1n) is 27.0. The summed E-state index contributed by atoms with van der Waals surface area (Å²) in [5.41, 5.74) is 0. The van der Waals surface area contributed by atoms with Crippen LogP contribution in [0.4, 0.5) is 0 Å². The first-order chi connectivity index (χ1) is 30.1. The first kappa shape index (κ1) is 59.3. The molecule has 0 aromatic heterocycles. The lowest BCUT2D eigenvalue weighted by Crippen LogP contribution is -2.48. The van der Waals surface area contributed by atoms with Crippen LogP contribution in [0.5, 0.6) is 0 Å². The molecule has 358 valence electrons. The van der Waals surface area contributed by atoms with E-state index in [0.29, 0.717) is 6.42 Å². The lowest BCUT2D eigenvalue weighted by atomic mass is 10.0. The van der Waals surface area contributed by atoms with Crippen molar-refractivity contribution in [1.82, 2.24) is 5.32 Å². The van der Waals surface area contributed by atoms with Gasteiger partial charge in [0.25, 0.3) is 0 Å². The quantitative estimate of drug-likeness (QED) is 0.0362. The van der Waals surface area contributed by atoms with Crippen molar-refractivity contribution < 1.29 is 20.1 Å². The molecule has 0 aliphatic heterocycles. The van der Waals surface area contributed by atoms with E-state index in [1.54, 1.807) is 6.08 Å². The molecular formula is C56H105NO4. The van der Waals surface area contributed by atoms with Gasteiger partial charge in [0.2, 0.25) is 5.91 Å². The molecule has 0 radical (unpaired) electrons. The number of aliphatic hydroxyl groups is 3. The Morgan fingerprint density at radius 3 is 1.10 bits per heavy atom. The molecule has 0 aliphatic carbocycles. The van der Waals surface area contributed by atoms with E-state index in [2.05, 4.69) is 55.6 Å². The Balaban J connectivity index is 3.53. The second-order valence-electron chi connectivity index (χ2n) is 18.4. The fourth-order valence-electron chi connectivity index (χ4n) is 8.17. The molecule has 5 nitrogen and oxygen atoms in total. The van der Waals surface area contributed by atoms with E-state index >= 15 is 0 Å². The fourth-order valence-corrected chi connectivity index (χ4v) is 8.17. The van der Waals surface area contributed by atoms with E-state index < -0.39 is 24.2 Å². The van der Waals surface area contributed by atoms with Gasteiger partial charge >= 0.3 is 0 Å². The molecule has 5 heteroatoms. The number of hydrogen-bond acceptors (Lipinski definition) is 4. The van der Waals surface area contributed by atoms with Gasteiger partial charge in [-0.25, -0.2) is 0 Å². The fraction of sp³-hybridized carbons (Fsp3) is 0.839. The molecular weight excluding hydrogens is 751 g/mol. The molecule has 0 aliphatic rings. The monoisotopic (exact) mass is 856 g/mol. The summed E-state index contributed by atoms with van der Waals surface area (Å²) in [6.07, 6.45) is 67.7. The number of allylic oxidation sites excluding steroid dienone is 7. The number of aliphatic hydroxyl groups excluding tert-OH is 3. The molecule has 0 fully saturated rings. The van der Waals surface area contributed by atoms with Gasteiger partial charge in [-0.05, 0) is 64.2 Å². The Morgan fingerprint density at radius 1 is 0.410 bits per heavy atom. The van der Waals surface area contributed by atoms with Crippen molar-refractivity contribution >= 4 is 5.91 Å². The maximum absolute atomic E-state index is 12.5. The zero-order chi connectivity index (χ0) is 44.4. The summed E-state index contributed by atoms with van der Waals surface area (Å²) >= 11 is 0. The minimum atomic E-state index is -1.11. The maximum atomic E-state index is 12.5. The summed E-state index contributed by atoms with van der Waals surface area (Å²) in [5, 5.41) is 33.2. The minimum Gasteiger partial charge on any atom is -0.394 e. The lowest BCUT2D eigenvalue weighted by molar-refractivity contribution is -0.131. The van der Waals surface area contributed by atoms with Gasteiger partial charge in [-0.3, -0.25) is 4.79 Å². The summed E-state index contributed by atoms with van der Waals surface area (Å²) in [6, 6.07) is -0.814. The van der Waals surface area contributed by atoms with Crippen LogP contribution in [0.25, 0.3) is 0 Å². The van der Waals surface area contributed by atoms with Gasteiger partial charge in [-0.15, -0.1) is 0 Å². The Bertz CT molecular complexity index is 989. The molecule has 0 saturated heterocycles. The van der Waals surface area contributed by atoms with Crippen molar-refractivity contribution in [3.63, 3.8) is 0 Å². The number of amides is 1. The van der Waals surface area contributed by atoms with E-state index in [1.807, 2.05) is 6.08 Å². The second-order valence-corrected chi connectivity index (χ2v) is 18.4. The number of carbonyl (C=O) groups is 1. The standard InChI is InChI=1S/C56H105NO4/c1-3-5-7-9-11-13-15-17-18-19-20-21-22-23-24-25-26-27-28-29-30-31-32-33-34-35-36-37-39-41-43-45-47-49-51-55(60)56(61)57-53(52-58)54(59)50-48-46-44-42-40-38-16-14-12-10-8-6-4-2/h22-23,25-26,40,42,48,50,53-55,58-60H,3-21,24,27-39,41,43-47,49,51-52H2,1-2H3,(H,57,61)/b23-22-,26-25-,42-40+,50-48+. The third-order valence-electron chi connectivity index (χ3n) is 12.4. The van der Waals surface area contributed by atoms with E-state index in [1.165, 1.54) is 212 Å². The van der Waals surface area contributed by atoms with Crippen molar-refractivity contribution in [2.45, 2.75) is 295 Å². The van der Waals surface area contributed by atoms with Crippen LogP contribution in [0.15, 0.2) is 48.6 Å². The van der Waals surface area contributed by atoms with Crippen LogP contribution >= 0.6 is 0 Å². The molecule has 0 rings (SSSR count). The largest absolute Gasteiger partial charge is 0.394 e. The van der Waals surface area contributed by atoms with Gasteiger partial charge in [0.1, 0.15) is 6.10 Å². The third-order valence-corrected chi connectivity index (χ3v) is 12.4. The normalized spacial score (nSPS) is 13.7. The average molecular weight is 856 g/mol. The Labute approximate surface area is 380 Å². The van der Waals surface area contributed by atoms with Crippen molar-refractivity contribution in [2.75, 3.05) is 6.61 Å². The predicted molar refractivity (Wildman–Crippen MR) is 268 cm³/mol. The van der Waals surface area contributed by atoms with Gasteiger partial charge in [-0.2, -0.15) is 0 Å². The molecule has 0 spiro atoms. The highest BCUT2D eigenvalue weighted by Crippen LogP contribution is 2.16. The zero-order valence-corrected chi connectivity index (χ0v) is 40.8. The van der Waals surface area contributed by atoms with Crippen LogP contribution in [0.3, 0.4) is 0 Å². The van der Waals surface area contributed by atoms with Gasteiger partial charge in [0.15, 0.2) is 0 Å². The van der Waals surface area contributed by atoms with Crippen LogP contribution in [-0.4, -0.2) is 46.1 Å².